The van der Waals surface area contributed by atoms with Crippen molar-refractivity contribution in [2.75, 3.05) is 5.32 Å². The Morgan fingerprint density at radius 3 is 2.69 bits per heavy atom. The van der Waals surface area contributed by atoms with Crippen LogP contribution in [0.4, 0.5) is 10.1 Å². The molecular weight excluding hydrogens is 351 g/mol. The SMILES string of the molecule is Cc1cc(OC(C)C)ccc1NC(=O)c1csc(-c2ccccc2F)n1. The normalized spacial score (nSPS) is 10.8. The molecule has 0 unspecified atom stereocenters. The monoisotopic (exact) mass is 370 g/mol. The number of rotatable bonds is 5. The first-order valence-electron chi connectivity index (χ1n) is 8.23. The van der Waals surface area contributed by atoms with Crippen LogP contribution in [0, 0.1) is 12.7 Å². The van der Waals surface area contributed by atoms with E-state index < -0.39 is 0 Å². The van der Waals surface area contributed by atoms with Crippen LogP contribution in [0.1, 0.15) is 29.9 Å². The molecule has 0 fully saturated rings. The molecule has 26 heavy (non-hydrogen) atoms. The summed E-state index contributed by atoms with van der Waals surface area (Å²) < 4.78 is 19.5. The van der Waals surface area contributed by atoms with Crippen LogP contribution in [-0.2, 0) is 0 Å². The van der Waals surface area contributed by atoms with Crippen LogP contribution in [0.3, 0.4) is 0 Å². The van der Waals surface area contributed by atoms with Gasteiger partial charge in [-0.15, -0.1) is 11.3 Å². The number of ether oxygens (including phenoxy) is 1. The number of nitrogens with zero attached hydrogens (tertiary/aromatic N) is 1. The first-order valence-corrected chi connectivity index (χ1v) is 9.11. The highest BCUT2D eigenvalue weighted by Crippen LogP contribution is 2.27. The maximum absolute atomic E-state index is 13.9. The third kappa shape index (κ3) is 4.08. The molecule has 0 saturated heterocycles. The van der Waals surface area contributed by atoms with E-state index in [4.69, 9.17) is 4.74 Å². The highest BCUT2D eigenvalue weighted by Gasteiger charge is 2.15. The topological polar surface area (TPSA) is 51.2 Å². The van der Waals surface area contributed by atoms with Crippen LogP contribution in [0.25, 0.3) is 10.6 Å². The minimum Gasteiger partial charge on any atom is -0.491 e. The minimum absolute atomic E-state index is 0.0849. The summed E-state index contributed by atoms with van der Waals surface area (Å²) >= 11 is 1.24. The maximum Gasteiger partial charge on any atom is 0.275 e. The van der Waals surface area contributed by atoms with Crippen LogP contribution >= 0.6 is 11.3 Å². The number of halogens is 1. The largest absolute Gasteiger partial charge is 0.491 e. The molecule has 0 aliphatic heterocycles. The Bertz CT molecular complexity index is 937. The van der Waals surface area contributed by atoms with Gasteiger partial charge in [0.15, 0.2) is 0 Å². The molecule has 134 valence electrons. The molecule has 6 heteroatoms. The number of aryl methyl sites for hydroxylation is 1. The minimum atomic E-state index is -0.356. The van der Waals surface area contributed by atoms with Gasteiger partial charge in [-0.25, -0.2) is 9.37 Å². The molecule has 0 atom stereocenters. The van der Waals surface area contributed by atoms with Gasteiger partial charge in [-0.1, -0.05) is 12.1 Å². The smallest absolute Gasteiger partial charge is 0.275 e. The van der Waals surface area contributed by atoms with Crippen LogP contribution in [-0.4, -0.2) is 17.0 Å². The van der Waals surface area contributed by atoms with Crippen molar-refractivity contribution in [3.63, 3.8) is 0 Å². The maximum atomic E-state index is 13.9. The number of carbonyl (C=O) groups excluding carboxylic acids is 1. The molecule has 1 amide bonds. The van der Waals surface area contributed by atoms with E-state index >= 15 is 0 Å². The van der Waals surface area contributed by atoms with Gasteiger partial charge < -0.3 is 10.1 Å². The number of hydrogen-bond acceptors (Lipinski definition) is 4. The highest BCUT2D eigenvalue weighted by molar-refractivity contribution is 7.13. The van der Waals surface area contributed by atoms with Gasteiger partial charge >= 0.3 is 0 Å². The van der Waals surface area contributed by atoms with E-state index in [2.05, 4.69) is 10.3 Å². The predicted molar refractivity (Wildman–Crippen MR) is 102 cm³/mol. The van der Waals surface area contributed by atoms with E-state index in [9.17, 15) is 9.18 Å². The summed E-state index contributed by atoms with van der Waals surface area (Å²) in [4.78, 5) is 16.7. The Labute approximate surface area is 155 Å². The first kappa shape index (κ1) is 18.1. The number of nitrogens with one attached hydrogen (secondary N) is 1. The lowest BCUT2D eigenvalue weighted by Gasteiger charge is -2.12. The van der Waals surface area contributed by atoms with Crippen molar-refractivity contribution in [2.24, 2.45) is 0 Å². The Morgan fingerprint density at radius 1 is 1.23 bits per heavy atom. The van der Waals surface area contributed by atoms with Gasteiger partial charge in [0.25, 0.3) is 5.91 Å². The van der Waals surface area contributed by atoms with Gasteiger partial charge in [0, 0.05) is 16.6 Å². The second-order valence-electron chi connectivity index (χ2n) is 6.12. The number of aromatic nitrogens is 1. The number of carbonyl (C=O) groups is 1. The summed E-state index contributed by atoms with van der Waals surface area (Å²) in [6.45, 7) is 5.81. The third-order valence-electron chi connectivity index (χ3n) is 3.66. The van der Waals surface area contributed by atoms with Gasteiger partial charge in [-0.3, -0.25) is 4.79 Å². The summed E-state index contributed by atoms with van der Waals surface area (Å²) in [7, 11) is 0. The molecule has 0 aliphatic rings. The van der Waals surface area contributed by atoms with E-state index in [1.165, 1.54) is 17.4 Å². The van der Waals surface area contributed by atoms with Gasteiger partial charge in [0.2, 0.25) is 0 Å². The quantitative estimate of drug-likeness (QED) is 0.663. The summed E-state index contributed by atoms with van der Waals surface area (Å²) in [5.74, 6) is 0.0702. The molecular formula is C20H19FN2O2S. The second-order valence-corrected chi connectivity index (χ2v) is 6.97. The summed E-state index contributed by atoms with van der Waals surface area (Å²) in [6, 6.07) is 11.9. The van der Waals surface area contributed by atoms with Crippen molar-refractivity contribution < 1.29 is 13.9 Å². The zero-order valence-electron chi connectivity index (χ0n) is 14.7. The Hall–Kier alpha value is -2.73. The zero-order chi connectivity index (χ0) is 18.7. The summed E-state index contributed by atoms with van der Waals surface area (Å²) in [5, 5.41) is 4.95. The molecule has 1 aromatic heterocycles. The molecule has 1 heterocycles. The average molecular weight is 370 g/mol. The van der Waals surface area contributed by atoms with Crippen molar-refractivity contribution in [2.45, 2.75) is 26.9 Å². The van der Waals surface area contributed by atoms with Gasteiger partial charge in [0.05, 0.1) is 6.10 Å². The first-order chi connectivity index (χ1) is 12.4. The Balaban J connectivity index is 1.76. The summed E-state index contributed by atoms with van der Waals surface area (Å²) in [6.07, 6.45) is 0.0849. The Kier molecular flexibility index (Phi) is 5.32. The zero-order valence-corrected chi connectivity index (χ0v) is 15.6. The van der Waals surface area contributed by atoms with E-state index in [1.54, 1.807) is 29.6 Å². The average Bonchev–Trinajstić information content (AvgIpc) is 3.07. The molecule has 0 bridgehead atoms. The lowest BCUT2D eigenvalue weighted by molar-refractivity contribution is 0.102. The van der Waals surface area contributed by atoms with Gasteiger partial charge in [0.1, 0.15) is 22.3 Å². The molecule has 2 aromatic carbocycles. The molecule has 0 aliphatic carbocycles. The van der Waals surface area contributed by atoms with Crippen molar-refractivity contribution in [1.29, 1.82) is 0 Å². The molecule has 0 saturated carbocycles. The van der Waals surface area contributed by atoms with Crippen LogP contribution < -0.4 is 10.1 Å². The lowest BCUT2D eigenvalue weighted by atomic mass is 10.2. The fourth-order valence-corrected chi connectivity index (χ4v) is 3.27. The van der Waals surface area contributed by atoms with Crippen molar-refractivity contribution in [3.05, 3.63) is 64.9 Å². The van der Waals surface area contributed by atoms with Crippen molar-refractivity contribution in [3.8, 4) is 16.3 Å². The molecule has 4 nitrogen and oxygen atoms in total. The molecule has 3 aromatic rings. The fraction of sp³-hybridized carbons (Fsp3) is 0.200. The number of anilines is 1. The molecule has 1 N–H and O–H groups in total. The molecule has 3 rings (SSSR count). The fourth-order valence-electron chi connectivity index (χ4n) is 2.44. The van der Waals surface area contributed by atoms with Gasteiger partial charge in [-0.2, -0.15) is 0 Å². The van der Waals surface area contributed by atoms with E-state index in [0.29, 0.717) is 16.3 Å². The summed E-state index contributed by atoms with van der Waals surface area (Å²) in [5.41, 5.74) is 2.23. The van der Waals surface area contributed by atoms with E-state index in [1.807, 2.05) is 32.9 Å². The van der Waals surface area contributed by atoms with E-state index in [-0.39, 0.29) is 23.5 Å². The van der Waals surface area contributed by atoms with E-state index in [0.717, 1.165) is 11.3 Å². The third-order valence-corrected chi connectivity index (χ3v) is 4.53. The standard InChI is InChI=1S/C20H19FN2O2S/c1-12(2)25-14-8-9-17(13(3)10-14)22-19(24)18-11-26-20(23-18)15-6-4-5-7-16(15)21/h4-12H,1-3H3,(H,22,24). The van der Waals surface area contributed by atoms with Crippen LogP contribution in [0.2, 0.25) is 0 Å². The van der Waals surface area contributed by atoms with Crippen molar-refractivity contribution >= 4 is 22.9 Å². The van der Waals surface area contributed by atoms with Crippen molar-refractivity contribution in [1.82, 2.24) is 4.98 Å². The predicted octanol–water partition coefficient (Wildman–Crippen LogP) is 5.30. The number of hydrogen-bond donors (Lipinski definition) is 1. The number of amides is 1. The second kappa shape index (κ2) is 7.66. The Morgan fingerprint density at radius 2 is 2.00 bits per heavy atom. The number of benzene rings is 2. The van der Waals surface area contributed by atoms with Crippen LogP contribution in [0.5, 0.6) is 5.75 Å². The van der Waals surface area contributed by atoms with Crippen LogP contribution in [0.15, 0.2) is 47.8 Å². The van der Waals surface area contributed by atoms with Gasteiger partial charge in [-0.05, 0) is 56.7 Å². The molecule has 0 spiro atoms. The highest BCUT2D eigenvalue weighted by atomic mass is 32.1. The number of thiazole rings is 1. The lowest BCUT2D eigenvalue weighted by Crippen LogP contribution is -2.13. The molecule has 0 radical (unpaired) electrons.